The molecule has 2 aromatic carbocycles. The Kier molecular flexibility index (Phi) is 6.62. The van der Waals surface area contributed by atoms with Crippen LogP contribution in [0.4, 0.5) is 4.79 Å². The van der Waals surface area contributed by atoms with E-state index in [1.165, 1.54) is 6.26 Å². The highest BCUT2D eigenvalue weighted by atomic mass is 32.2. The smallest absolute Gasteiger partial charge is 0.435 e. The van der Waals surface area contributed by atoms with E-state index in [-0.39, 0.29) is 18.1 Å². The fraction of sp³-hybridized carbons (Fsp3) is 0.261. The maximum absolute atomic E-state index is 12.0. The van der Waals surface area contributed by atoms with Crippen molar-refractivity contribution in [2.45, 2.75) is 25.2 Å². The van der Waals surface area contributed by atoms with Crippen molar-refractivity contribution >= 4 is 16.0 Å². The number of hydrogen-bond acceptors (Lipinski definition) is 5. The second kappa shape index (κ2) is 9.17. The zero-order valence-electron chi connectivity index (χ0n) is 17.3. The highest BCUT2D eigenvalue weighted by Gasteiger charge is 2.17. The number of sulfone groups is 1. The van der Waals surface area contributed by atoms with Gasteiger partial charge in [0.15, 0.2) is 9.84 Å². The molecule has 158 valence electrons. The molecule has 0 spiro atoms. The van der Waals surface area contributed by atoms with Gasteiger partial charge in [-0.3, -0.25) is 0 Å². The Balaban J connectivity index is 2.03. The number of para-hydroxylation sites is 1. The first-order chi connectivity index (χ1) is 14.3. The van der Waals surface area contributed by atoms with Crippen LogP contribution in [0.1, 0.15) is 18.2 Å². The lowest BCUT2D eigenvalue weighted by molar-refractivity contribution is 0.0599. The summed E-state index contributed by atoms with van der Waals surface area (Å²) >= 11 is 0. The predicted molar refractivity (Wildman–Crippen MR) is 116 cm³/mol. The monoisotopic (exact) mass is 427 g/mol. The van der Waals surface area contributed by atoms with E-state index in [9.17, 15) is 13.2 Å². The standard InChI is InChI=1S/C23H25NO5S/c1-4-28-23(25)29-14-13-21-17(2)24(19-10-6-5-7-11-19)16-22(21)18-9-8-12-20(15-18)30(3,26)27/h5-12,15-16H,4,13-14H2,1-3H3. The summed E-state index contributed by atoms with van der Waals surface area (Å²) in [6.07, 6.45) is 2.97. The number of carbonyl (C=O) groups excluding carboxylic acids is 1. The molecule has 3 rings (SSSR count). The maximum atomic E-state index is 12.0. The van der Waals surface area contributed by atoms with Crippen LogP contribution in [0.3, 0.4) is 0 Å². The molecule has 0 radical (unpaired) electrons. The Bertz CT molecular complexity index is 1130. The lowest BCUT2D eigenvalue weighted by Crippen LogP contribution is -2.10. The number of benzene rings is 2. The summed E-state index contributed by atoms with van der Waals surface area (Å²) in [5, 5.41) is 0. The van der Waals surface area contributed by atoms with Crippen molar-refractivity contribution in [3.63, 3.8) is 0 Å². The molecule has 0 unspecified atom stereocenters. The van der Waals surface area contributed by atoms with Crippen molar-refractivity contribution < 1.29 is 22.7 Å². The van der Waals surface area contributed by atoms with Crippen molar-refractivity contribution in [3.8, 4) is 16.8 Å². The van der Waals surface area contributed by atoms with Gasteiger partial charge in [0.1, 0.15) is 0 Å². The van der Waals surface area contributed by atoms with E-state index < -0.39 is 16.0 Å². The molecule has 0 bridgehead atoms. The molecule has 0 saturated heterocycles. The van der Waals surface area contributed by atoms with E-state index in [4.69, 9.17) is 9.47 Å². The second-order valence-corrected chi connectivity index (χ2v) is 8.91. The van der Waals surface area contributed by atoms with Crippen LogP contribution in [0.2, 0.25) is 0 Å². The fourth-order valence-electron chi connectivity index (χ4n) is 3.36. The average Bonchev–Trinajstić information content (AvgIpc) is 3.05. The Morgan fingerprint density at radius 1 is 1.03 bits per heavy atom. The molecule has 30 heavy (non-hydrogen) atoms. The Labute approximate surface area is 177 Å². The highest BCUT2D eigenvalue weighted by Crippen LogP contribution is 2.32. The lowest BCUT2D eigenvalue weighted by Gasteiger charge is -2.09. The first kappa shape index (κ1) is 21.6. The van der Waals surface area contributed by atoms with Crippen molar-refractivity contribution in [2.75, 3.05) is 19.5 Å². The van der Waals surface area contributed by atoms with Crippen LogP contribution in [-0.4, -0.2) is 38.6 Å². The molecule has 0 atom stereocenters. The zero-order valence-corrected chi connectivity index (χ0v) is 18.1. The number of ether oxygens (including phenoxy) is 2. The molecule has 1 heterocycles. The van der Waals surface area contributed by atoms with Gasteiger partial charge < -0.3 is 14.0 Å². The summed E-state index contributed by atoms with van der Waals surface area (Å²) < 4.78 is 36.1. The van der Waals surface area contributed by atoms with Crippen LogP contribution in [0.15, 0.2) is 65.7 Å². The minimum atomic E-state index is -3.33. The largest absolute Gasteiger partial charge is 0.508 e. The zero-order chi connectivity index (χ0) is 21.7. The van der Waals surface area contributed by atoms with Gasteiger partial charge in [0.2, 0.25) is 0 Å². The number of carbonyl (C=O) groups is 1. The molecule has 0 N–H and O–H groups in total. The normalized spacial score (nSPS) is 11.3. The summed E-state index contributed by atoms with van der Waals surface area (Å²) in [5.41, 5.74) is 4.66. The fourth-order valence-corrected chi connectivity index (χ4v) is 4.02. The molecule has 0 amide bonds. The van der Waals surface area contributed by atoms with Crippen molar-refractivity contribution in [1.29, 1.82) is 0 Å². The summed E-state index contributed by atoms with van der Waals surface area (Å²) in [7, 11) is -3.33. The molecule has 0 aliphatic carbocycles. The van der Waals surface area contributed by atoms with Crippen LogP contribution in [0.5, 0.6) is 0 Å². The molecule has 0 aliphatic heterocycles. The molecule has 6 nitrogen and oxygen atoms in total. The summed E-state index contributed by atoms with van der Waals surface area (Å²) in [4.78, 5) is 11.8. The summed E-state index contributed by atoms with van der Waals surface area (Å²) in [6.45, 7) is 4.14. The van der Waals surface area contributed by atoms with E-state index in [1.54, 1.807) is 25.1 Å². The minimum absolute atomic E-state index is 0.164. The van der Waals surface area contributed by atoms with Gasteiger partial charge in [-0.05, 0) is 49.2 Å². The van der Waals surface area contributed by atoms with E-state index in [0.29, 0.717) is 6.42 Å². The first-order valence-electron chi connectivity index (χ1n) is 9.67. The Morgan fingerprint density at radius 3 is 2.43 bits per heavy atom. The minimum Gasteiger partial charge on any atom is -0.435 e. The number of hydrogen-bond donors (Lipinski definition) is 0. The summed E-state index contributed by atoms with van der Waals surface area (Å²) in [5.74, 6) is 0. The van der Waals surface area contributed by atoms with Gasteiger partial charge in [-0.25, -0.2) is 13.2 Å². The molecule has 3 aromatic rings. The third-order valence-electron chi connectivity index (χ3n) is 4.82. The maximum Gasteiger partial charge on any atom is 0.508 e. The average molecular weight is 428 g/mol. The number of nitrogens with zero attached hydrogens (tertiary/aromatic N) is 1. The van der Waals surface area contributed by atoms with E-state index in [2.05, 4.69) is 4.57 Å². The van der Waals surface area contributed by atoms with Gasteiger partial charge in [-0.2, -0.15) is 0 Å². The van der Waals surface area contributed by atoms with E-state index in [0.717, 1.165) is 28.1 Å². The lowest BCUT2D eigenvalue weighted by atomic mass is 10.0. The molecule has 0 fully saturated rings. The Hall–Kier alpha value is -3.06. The SMILES string of the molecule is CCOC(=O)OCCc1c(-c2cccc(S(C)(=O)=O)c2)cn(-c2ccccc2)c1C. The van der Waals surface area contributed by atoms with Crippen LogP contribution >= 0.6 is 0 Å². The highest BCUT2D eigenvalue weighted by molar-refractivity contribution is 7.90. The topological polar surface area (TPSA) is 74.6 Å². The van der Waals surface area contributed by atoms with Crippen molar-refractivity contribution in [1.82, 2.24) is 4.57 Å². The third-order valence-corrected chi connectivity index (χ3v) is 5.93. The van der Waals surface area contributed by atoms with Crippen LogP contribution in [-0.2, 0) is 25.7 Å². The molecular weight excluding hydrogens is 402 g/mol. The van der Waals surface area contributed by atoms with Crippen LogP contribution in [0, 0.1) is 6.92 Å². The molecular formula is C23H25NO5S. The van der Waals surface area contributed by atoms with E-state index in [1.807, 2.05) is 49.5 Å². The molecule has 1 aromatic heterocycles. The number of aromatic nitrogens is 1. The third kappa shape index (κ3) is 4.91. The number of rotatable bonds is 7. The van der Waals surface area contributed by atoms with Gasteiger partial charge in [-0.15, -0.1) is 0 Å². The van der Waals surface area contributed by atoms with Gasteiger partial charge >= 0.3 is 6.16 Å². The van der Waals surface area contributed by atoms with Crippen LogP contribution in [0.25, 0.3) is 16.8 Å². The Morgan fingerprint density at radius 2 is 1.77 bits per heavy atom. The van der Waals surface area contributed by atoms with Gasteiger partial charge in [0.05, 0.1) is 18.1 Å². The van der Waals surface area contributed by atoms with Gasteiger partial charge in [0, 0.05) is 35.8 Å². The molecule has 0 aliphatic rings. The molecule has 7 heteroatoms. The van der Waals surface area contributed by atoms with Crippen molar-refractivity contribution in [2.24, 2.45) is 0 Å². The van der Waals surface area contributed by atoms with Crippen molar-refractivity contribution in [3.05, 3.63) is 72.1 Å². The predicted octanol–water partition coefficient (Wildman–Crippen LogP) is 4.57. The van der Waals surface area contributed by atoms with E-state index >= 15 is 0 Å². The van der Waals surface area contributed by atoms with Gasteiger partial charge in [0.25, 0.3) is 0 Å². The molecule has 0 saturated carbocycles. The second-order valence-electron chi connectivity index (χ2n) is 6.89. The quantitative estimate of drug-likeness (QED) is 0.516. The first-order valence-corrected chi connectivity index (χ1v) is 11.6. The summed E-state index contributed by atoms with van der Waals surface area (Å²) in [6, 6.07) is 16.8. The van der Waals surface area contributed by atoms with Crippen LogP contribution < -0.4 is 0 Å². The van der Waals surface area contributed by atoms with Gasteiger partial charge in [-0.1, -0.05) is 30.3 Å².